The number of hydrogen-bond donors (Lipinski definition) is 0. The predicted molar refractivity (Wildman–Crippen MR) is 134 cm³/mol. The van der Waals surface area contributed by atoms with E-state index in [1.807, 2.05) is 37.5 Å². The molecule has 0 unspecified atom stereocenters. The summed E-state index contributed by atoms with van der Waals surface area (Å²) in [6, 6.07) is 16.3. The van der Waals surface area contributed by atoms with Crippen LogP contribution in [0.4, 0.5) is 5.95 Å². The first-order valence-corrected chi connectivity index (χ1v) is 11.7. The number of hydrogen-bond acceptors (Lipinski definition) is 8. The highest BCUT2D eigenvalue weighted by Gasteiger charge is 2.20. The van der Waals surface area contributed by atoms with Crippen LogP contribution in [0.5, 0.6) is 0 Å². The highest BCUT2D eigenvalue weighted by atomic mass is 15.3. The van der Waals surface area contributed by atoms with Crippen molar-refractivity contribution in [2.24, 2.45) is 0 Å². The van der Waals surface area contributed by atoms with Crippen LogP contribution in [-0.4, -0.2) is 65.6 Å². The average Bonchev–Trinajstić information content (AvgIpc) is 3.36. The van der Waals surface area contributed by atoms with E-state index in [4.69, 9.17) is 4.98 Å². The van der Waals surface area contributed by atoms with Crippen molar-refractivity contribution >= 4 is 11.7 Å². The van der Waals surface area contributed by atoms with Crippen molar-refractivity contribution in [1.82, 2.24) is 39.4 Å². The molecule has 6 rings (SSSR count). The van der Waals surface area contributed by atoms with Crippen LogP contribution >= 0.6 is 0 Å². The fraction of sp³-hybridized carbons (Fsp3) is 0.231. The van der Waals surface area contributed by atoms with Gasteiger partial charge in [-0.2, -0.15) is 4.98 Å². The number of aromatic nitrogens is 7. The molecule has 1 aromatic carbocycles. The molecule has 0 N–H and O–H groups in total. The van der Waals surface area contributed by atoms with Crippen LogP contribution in [0.15, 0.2) is 73.3 Å². The van der Waals surface area contributed by atoms with Gasteiger partial charge in [0.25, 0.3) is 5.78 Å². The van der Waals surface area contributed by atoms with Gasteiger partial charge >= 0.3 is 0 Å². The van der Waals surface area contributed by atoms with Gasteiger partial charge in [0.2, 0.25) is 5.95 Å². The van der Waals surface area contributed by atoms with E-state index in [1.165, 1.54) is 5.56 Å². The first-order valence-electron chi connectivity index (χ1n) is 11.7. The molecule has 1 fully saturated rings. The normalized spacial score (nSPS) is 14.5. The van der Waals surface area contributed by atoms with Gasteiger partial charge in [-0.3, -0.25) is 9.88 Å². The molecule has 174 valence electrons. The van der Waals surface area contributed by atoms with Crippen LogP contribution in [-0.2, 0) is 6.54 Å². The molecule has 5 heterocycles. The van der Waals surface area contributed by atoms with Gasteiger partial charge in [0.05, 0.1) is 11.4 Å². The Balaban J connectivity index is 1.22. The van der Waals surface area contributed by atoms with Gasteiger partial charge in [0, 0.05) is 68.6 Å². The number of nitrogens with zero attached hydrogens (tertiary/aromatic N) is 9. The minimum atomic E-state index is 0.557. The zero-order valence-electron chi connectivity index (χ0n) is 19.5. The number of fused-ring (bicyclic) bond motifs is 1. The van der Waals surface area contributed by atoms with Crippen molar-refractivity contribution < 1.29 is 0 Å². The van der Waals surface area contributed by atoms with E-state index < -0.39 is 0 Å². The molecule has 1 saturated heterocycles. The summed E-state index contributed by atoms with van der Waals surface area (Å²) in [5.41, 5.74) is 4.92. The molecule has 4 aromatic heterocycles. The lowest BCUT2D eigenvalue weighted by Gasteiger charge is -2.34. The Hall–Kier alpha value is -4.24. The van der Waals surface area contributed by atoms with Crippen LogP contribution in [0.3, 0.4) is 0 Å². The van der Waals surface area contributed by atoms with E-state index >= 15 is 0 Å². The standard InChI is InChI=1S/C26H25N9/c1-19-22(17-29-26-31-24(32-35(19)26)21-7-10-27-11-8-21)23-9-12-28-25(30-23)34-15-13-33(14-16-34)18-20-5-3-2-4-6-20/h2-12,17H,13-16,18H2,1H3. The highest BCUT2D eigenvalue weighted by Crippen LogP contribution is 2.24. The van der Waals surface area contributed by atoms with E-state index in [0.29, 0.717) is 11.6 Å². The Morgan fingerprint density at radius 1 is 0.829 bits per heavy atom. The smallest absolute Gasteiger partial charge is 0.252 e. The first-order chi connectivity index (χ1) is 17.2. The highest BCUT2D eigenvalue weighted by molar-refractivity contribution is 5.64. The fourth-order valence-electron chi connectivity index (χ4n) is 4.42. The average molecular weight is 464 g/mol. The second-order valence-electron chi connectivity index (χ2n) is 8.63. The molecule has 1 aliphatic heterocycles. The summed E-state index contributed by atoms with van der Waals surface area (Å²) in [6.45, 7) is 6.73. The summed E-state index contributed by atoms with van der Waals surface area (Å²) >= 11 is 0. The number of benzene rings is 1. The Kier molecular flexibility index (Phi) is 5.59. The zero-order valence-corrected chi connectivity index (χ0v) is 19.5. The summed E-state index contributed by atoms with van der Waals surface area (Å²) < 4.78 is 1.77. The fourth-order valence-corrected chi connectivity index (χ4v) is 4.42. The second-order valence-corrected chi connectivity index (χ2v) is 8.63. The summed E-state index contributed by atoms with van der Waals surface area (Å²) in [5.74, 6) is 1.93. The molecule has 9 nitrogen and oxygen atoms in total. The van der Waals surface area contributed by atoms with E-state index in [1.54, 1.807) is 16.9 Å². The van der Waals surface area contributed by atoms with E-state index in [2.05, 4.69) is 65.2 Å². The van der Waals surface area contributed by atoms with Gasteiger partial charge in [-0.05, 0) is 30.7 Å². The third kappa shape index (κ3) is 4.33. The van der Waals surface area contributed by atoms with Crippen LogP contribution in [0, 0.1) is 6.92 Å². The van der Waals surface area contributed by atoms with Crippen molar-refractivity contribution in [1.29, 1.82) is 0 Å². The summed E-state index contributed by atoms with van der Waals surface area (Å²) in [7, 11) is 0. The lowest BCUT2D eigenvalue weighted by atomic mass is 10.2. The van der Waals surface area contributed by atoms with Crippen LogP contribution in [0.25, 0.3) is 28.4 Å². The molecular weight excluding hydrogens is 438 g/mol. The Bertz CT molecular complexity index is 1440. The molecule has 0 amide bonds. The van der Waals surface area contributed by atoms with Gasteiger partial charge in [-0.1, -0.05) is 30.3 Å². The molecular formula is C26H25N9. The van der Waals surface area contributed by atoms with Gasteiger partial charge in [0.15, 0.2) is 5.82 Å². The third-order valence-electron chi connectivity index (χ3n) is 6.37. The molecule has 0 bridgehead atoms. The van der Waals surface area contributed by atoms with E-state index in [-0.39, 0.29) is 0 Å². The van der Waals surface area contributed by atoms with Gasteiger partial charge in [-0.25, -0.2) is 19.5 Å². The van der Waals surface area contributed by atoms with Crippen LogP contribution in [0.1, 0.15) is 11.3 Å². The molecule has 1 aliphatic rings. The number of anilines is 1. The molecule has 0 aliphatic carbocycles. The maximum atomic E-state index is 4.89. The number of rotatable bonds is 5. The van der Waals surface area contributed by atoms with Crippen molar-refractivity contribution in [3.05, 3.63) is 84.6 Å². The number of piperazine rings is 1. The van der Waals surface area contributed by atoms with Gasteiger partial charge in [0.1, 0.15) is 0 Å². The van der Waals surface area contributed by atoms with Crippen LogP contribution in [0.2, 0.25) is 0 Å². The topological polar surface area (TPSA) is 88.2 Å². The van der Waals surface area contributed by atoms with Crippen molar-refractivity contribution in [2.45, 2.75) is 13.5 Å². The second kappa shape index (κ2) is 9.19. The van der Waals surface area contributed by atoms with Crippen molar-refractivity contribution in [2.75, 3.05) is 31.1 Å². The Morgan fingerprint density at radius 3 is 2.43 bits per heavy atom. The summed E-state index contributed by atoms with van der Waals surface area (Å²) in [5, 5.41) is 4.68. The Morgan fingerprint density at radius 2 is 1.63 bits per heavy atom. The number of aryl methyl sites for hydroxylation is 1. The minimum absolute atomic E-state index is 0.557. The van der Waals surface area contributed by atoms with Crippen molar-refractivity contribution in [3.63, 3.8) is 0 Å². The maximum Gasteiger partial charge on any atom is 0.252 e. The lowest BCUT2D eigenvalue weighted by Crippen LogP contribution is -2.46. The largest absolute Gasteiger partial charge is 0.338 e. The lowest BCUT2D eigenvalue weighted by molar-refractivity contribution is 0.248. The SMILES string of the molecule is Cc1c(-c2ccnc(N3CCN(Cc4ccccc4)CC3)n2)cnc2nc(-c3ccncc3)nn12. The zero-order chi connectivity index (χ0) is 23.6. The Labute approximate surface area is 203 Å². The molecule has 9 heteroatoms. The molecule has 0 spiro atoms. The summed E-state index contributed by atoms with van der Waals surface area (Å²) in [4.78, 5) is 27.4. The maximum absolute atomic E-state index is 4.89. The molecule has 0 radical (unpaired) electrons. The van der Waals surface area contributed by atoms with Gasteiger partial charge < -0.3 is 4.90 Å². The van der Waals surface area contributed by atoms with Crippen molar-refractivity contribution in [3.8, 4) is 22.6 Å². The minimum Gasteiger partial charge on any atom is -0.338 e. The van der Waals surface area contributed by atoms with Gasteiger partial charge in [-0.15, -0.1) is 5.10 Å². The molecule has 5 aromatic rings. The molecule has 35 heavy (non-hydrogen) atoms. The molecule has 0 saturated carbocycles. The third-order valence-corrected chi connectivity index (χ3v) is 6.37. The summed E-state index contributed by atoms with van der Waals surface area (Å²) in [6.07, 6.45) is 7.11. The predicted octanol–water partition coefficient (Wildman–Crippen LogP) is 3.27. The monoisotopic (exact) mass is 463 g/mol. The number of pyridine rings is 1. The van der Waals surface area contributed by atoms with Crippen LogP contribution < -0.4 is 4.90 Å². The first kappa shape index (κ1) is 21.3. The van der Waals surface area contributed by atoms with E-state index in [0.717, 1.165) is 61.2 Å². The van der Waals surface area contributed by atoms with E-state index in [9.17, 15) is 0 Å². The quantitative estimate of drug-likeness (QED) is 0.392. The molecule has 0 atom stereocenters.